The number of ketones is 1. The summed E-state index contributed by atoms with van der Waals surface area (Å²) in [6.45, 7) is 0.677. The van der Waals surface area contributed by atoms with Gasteiger partial charge in [-0.1, -0.05) is 12.8 Å². The number of aromatic nitrogens is 1. The molecule has 0 spiro atoms. The Hall–Kier alpha value is -3.01. The van der Waals surface area contributed by atoms with Gasteiger partial charge in [0.1, 0.15) is 0 Å². The zero-order valence-corrected chi connectivity index (χ0v) is 17.6. The largest absolute Gasteiger partial charge is 0.356 e. The molecule has 0 radical (unpaired) electrons. The Morgan fingerprint density at radius 3 is 2.84 bits per heavy atom. The quantitative estimate of drug-likeness (QED) is 0.637. The molecule has 31 heavy (non-hydrogen) atoms. The van der Waals surface area contributed by atoms with Gasteiger partial charge < -0.3 is 10.6 Å². The van der Waals surface area contributed by atoms with Crippen LogP contribution in [0, 0.1) is 29.1 Å². The number of nitriles is 1. The summed E-state index contributed by atoms with van der Waals surface area (Å²) >= 11 is 0. The molecule has 3 atom stereocenters. The van der Waals surface area contributed by atoms with Crippen LogP contribution in [-0.4, -0.2) is 35.2 Å². The standard InChI is InChI=1S/C24H28N4O3/c25-13-16(8-18-2-1-6-27-23(18)30)10-22(29)21(9-15-3-4-15)28-24(31)19-11-17-5-7-26-14-20(17)12-19/h5,7,12,14-16,18,21H,1-4,6,8-11H2,(H,27,30)(H,28,31). The topological polar surface area (TPSA) is 112 Å². The molecule has 2 heterocycles. The number of nitrogens with one attached hydrogen (secondary N) is 2. The molecule has 2 amide bonds. The van der Waals surface area contributed by atoms with Crippen LogP contribution in [0.15, 0.2) is 24.0 Å². The number of amides is 2. The van der Waals surface area contributed by atoms with E-state index in [0.29, 0.717) is 37.3 Å². The van der Waals surface area contributed by atoms with E-state index in [0.717, 1.165) is 36.8 Å². The normalized spacial score (nSPS) is 21.8. The fourth-order valence-corrected chi connectivity index (χ4v) is 4.50. The zero-order valence-electron chi connectivity index (χ0n) is 17.6. The highest BCUT2D eigenvalue weighted by atomic mass is 16.2. The van der Waals surface area contributed by atoms with E-state index in [-0.39, 0.29) is 29.9 Å². The SMILES string of the molecule is N#CC(CC(=O)C(CC1CC1)NC(=O)C1=Cc2cnccc2C1)CC1CCCNC1=O. The van der Waals surface area contributed by atoms with Gasteiger partial charge in [0.25, 0.3) is 0 Å². The third-order valence-electron chi connectivity index (χ3n) is 6.51. The molecule has 7 heteroatoms. The molecule has 1 aromatic heterocycles. The van der Waals surface area contributed by atoms with Gasteiger partial charge in [-0.25, -0.2) is 0 Å². The van der Waals surface area contributed by atoms with Crippen molar-refractivity contribution in [2.75, 3.05) is 6.54 Å². The maximum Gasteiger partial charge on any atom is 0.248 e. The Bertz CT molecular complexity index is 944. The van der Waals surface area contributed by atoms with Gasteiger partial charge in [0, 0.05) is 43.3 Å². The first-order valence-electron chi connectivity index (χ1n) is 11.2. The molecule has 4 rings (SSSR count). The van der Waals surface area contributed by atoms with Crippen LogP contribution >= 0.6 is 0 Å². The van der Waals surface area contributed by atoms with Crippen molar-refractivity contribution >= 4 is 23.7 Å². The zero-order chi connectivity index (χ0) is 21.8. The molecule has 0 aromatic carbocycles. The molecule has 2 fully saturated rings. The van der Waals surface area contributed by atoms with Crippen molar-refractivity contribution in [2.45, 2.75) is 57.4 Å². The lowest BCUT2D eigenvalue weighted by atomic mass is 9.85. The van der Waals surface area contributed by atoms with Crippen LogP contribution in [0.2, 0.25) is 0 Å². The molecule has 0 bridgehead atoms. The first-order valence-corrected chi connectivity index (χ1v) is 11.2. The molecule has 1 saturated heterocycles. The summed E-state index contributed by atoms with van der Waals surface area (Å²) < 4.78 is 0. The highest BCUT2D eigenvalue weighted by molar-refractivity contribution is 6.02. The predicted molar refractivity (Wildman–Crippen MR) is 114 cm³/mol. The minimum absolute atomic E-state index is 0.0241. The smallest absolute Gasteiger partial charge is 0.248 e. The molecule has 3 unspecified atom stereocenters. The first kappa shape index (κ1) is 21.2. The van der Waals surface area contributed by atoms with E-state index in [1.165, 1.54) is 0 Å². The molecule has 1 aromatic rings. The van der Waals surface area contributed by atoms with Crippen LogP contribution in [0.25, 0.3) is 6.08 Å². The number of nitrogens with zero attached hydrogens (tertiary/aromatic N) is 2. The van der Waals surface area contributed by atoms with Crippen LogP contribution in [0.4, 0.5) is 0 Å². The van der Waals surface area contributed by atoms with Crippen molar-refractivity contribution in [3.63, 3.8) is 0 Å². The summed E-state index contributed by atoms with van der Waals surface area (Å²) in [6, 6.07) is 3.53. The third-order valence-corrected chi connectivity index (χ3v) is 6.51. The summed E-state index contributed by atoms with van der Waals surface area (Å²) in [5, 5.41) is 15.4. The second-order valence-electron chi connectivity index (χ2n) is 8.99. The number of rotatable bonds is 9. The Labute approximate surface area is 182 Å². The lowest BCUT2D eigenvalue weighted by molar-refractivity contribution is -0.128. The van der Waals surface area contributed by atoms with Gasteiger partial charge in [-0.15, -0.1) is 0 Å². The Morgan fingerprint density at radius 1 is 1.29 bits per heavy atom. The molecule has 1 saturated carbocycles. The summed E-state index contributed by atoms with van der Waals surface area (Å²) in [7, 11) is 0. The lowest BCUT2D eigenvalue weighted by Crippen LogP contribution is -2.43. The van der Waals surface area contributed by atoms with Crippen LogP contribution in [0.5, 0.6) is 0 Å². The number of piperidine rings is 1. The van der Waals surface area contributed by atoms with E-state index in [1.807, 2.05) is 12.1 Å². The van der Waals surface area contributed by atoms with Gasteiger partial charge in [-0.05, 0) is 54.9 Å². The van der Waals surface area contributed by atoms with E-state index in [2.05, 4.69) is 21.7 Å². The fraction of sp³-hybridized carbons (Fsp3) is 0.542. The molecule has 2 aliphatic carbocycles. The highest BCUT2D eigenvalue weighted by Crippen LogP contribution is 2.34. The van der Waals surface area contributed by atoms with Gasteiger partial charge in [0.2, 0.25) is 11.8 Å². The molecule has 7 nitrogen and oxygen atoms in total. The highest BCUT2D eigenvalue weighted by Gasteiger charge is 2.33. The average molecular weight is 421 g/mol. The number of hydrogen-bond acceptors (Lipinski definition) is 5. The van der Waals surface area contributed by atoms with Crippen molar-refractivity contribution < 1.29 is 14.4 Å². The Kier molecular flexibility index (Phi) is 6.45. The number of carbonyl (C=O) groups is 3. The van der Waals surface area contributed by atoms with Crippen molar-refractivity contribution in [1.82, 2.24) is 15.6 Å². The lowest BCUT2D eigenvalue weighted by Gasteiger charge is -2.24. The van der Waals surface area contributed by atoms with E-state index in [9.17, 15) is 19.6 Å². The number of Topliss-reactive ketones (excluding diaryl/α,β-unsaturated/α-hetero) is 1. The van der Waals surface area contributed by atoms with Crippen LogP contribution < -0.4 is 10.6 Å². The fourth-order valence-electron chi connectivity index (χ4n) is 4.50. The number of carbonyl (C=O) groups excluding carboxylic acids is 3. The number of hydrogen-bond donors (Lipinski definition) is 2. The van der Waals surface area contributed by atoms with Crippen LogP contribution in [0.3, 0.4) is 0 Å². The summed E-state index contributed by atoms with van der Waals surface area (Å²) in [4.78, 5) is 42.1. The van der Waals surface area contributed by atoms with E-state index < -0.39 is 12.0 Å². The molecule has 162 valence electrons. The summed E-state index contributed by atoms with van der Waals surface area (Å²) in [5.41, 5.74) is 2.63. The second-order valence-corrected chi connectivity index (χ2v) is 8.99. The van der Waals surface area contributed by atoms with E-state index >= 15 is 0 Å². The molecule has 2 N–H and O–H groups in total. The maximum absolute atomic E-state index is 13.1. The average Bonchev–Trinajstić information content (AvgIpc) is 3.48. The Balaban J connectivity index is 1.37. The molecular formula is C24H28N4O3. The van der Waals surface area contributed by atoms with Gasteiger partial charge >= 0.3 is 0 Å². The van der Waals surface area contributed by atoms with Crippen LogP contribution in [0.1, 0.15) is 56.1 Å². The number of fused-ring (bicyclic) bond motifs is 1. The first-order chi connectivity index (χ1) is 15.0. The van der Waals surface area contributed by atoms with Crippen molar-refractivity contribution in [2.24, 2.45) is 17.8 Å². The monoisotopic (exact) mass is 420 g/mol. The predicted octanol–water partition coefficient (Wildman–Crippen LogP) is 2.32. The van der Waals surface area contributed by atoms with Gasteiger partial charge in [0.15, 0.2) is 5.78 Å². The molecular weight excluding hydrogens is 392 g/mol. The van der Waals surface area contributed by atoms with Crippen molar-refractivity contribution in [1.29, 1.82) is 5.26 Å². The van der Waals surface area contributed by atoms with Crippen molar-refractivity contribution in [3.05, 3.63) is 35.2 Å². The van der Waals surface area contributed by atoms with Crippen molar-refractivity contribution in [3.8, 4) is 6.07 Å². The van der Waals surface area contributed by atoms with Gasteiger partial charge in [-0.2, -0.15) is 5.26 Å². The van der Waals surface area contributed by atoms with Gasteiger partial charge in [0.05, 0.1) is 18.0 Å². The molecule has 1 aliphatic heterocycles. The maximum atomic E-state index is 13.1. The van der Waals surface area contributed by atoms with Crippen LogP contribution in [-0.2, 0) is 20.8 Å². The number of pyridine rings is 1. The minimum atomic E-state index is -0.584. The minimum Gasteiger partial charge on any atom is -0.356 e. The summed E-state index contributed by atoms with van der Waals surface area (Å²) in [5.74, 6) is -0.627. The van der Waals surface area contributed by atoms with Gasteiger partial charge in [-0.3, -0.25) is 19.4 Å². The molecule has 3 aliphatic rings. The third kappa shape index (κ3) is 5.38. The summed E-state index contributed by atoms with van der Waals surface area (Å²) in [6.07, 6.45) is 10.7. The second kappa shape index (κ2) is 9.42. The van der Waals surface area contributed by atoms with E-state index in [4.69, 9.17) is 0 Å². The van der Waals surface area contributed by atoms with E-state index in [1.54, 1.807) is 12.4 Å². The Morgan fingerprint density at radius 2 is 2.13 bits per heavy atom.